The molecule has 1 aromatic heterocycles. The van der Waals surface area contributed by atoms with Gasteiger partial charge in [-0.15, -0.1) is 0 Å². The predicted molar refractivity (Wildman–Crippen MR) is 99.4 cm³/mol. The molecule has 2 aromatic carbocycles. The second-order valence-electron chi connectivity index (χ2n) is 5.71. The number of nitrogens with zero attached hydrogens (tertiary/aromatic N) is 1. The minimum Gasteiger partial charge on any atom is -0.497 e. The van der Waals surface area contributed by atoms with Gasteiger partial charge in [-0.05, 0) is 30.7 Å². The van der Waals surface area contributed by atoms with Gasteiger partial charge >= 0.3 is 5.97 Å². The monoisotopic (exact) mass is 387 g/mol. The average Bonchev–Trinajstić information content (AvgIpc) is 2.65. The van der Waals surface area contributed by atoms with Crippen molar-refractivity contribution < 1.29 is 23.8 Å². The molecule has 0 saturated heterocycles. The van der Waals surface area contributed by atoms with Crippen LogP contribution in [-0.4, -0.2) is 23.2 Å². The van der Waals surface area contributed by atoms with Crippen molar-refractivity contribution in [2.24, 2.45) is 0 Å². The number of ether oxygens (including phenoxy) is 2. The Morgan fingerprint density at radius 3 is 2.63 bits per heavy atom. The van der Waals surface area contributed by atoms with Crippen LogP contribution in [0, 0.1) is 12.7 Å². The van der Waals surface area contributed by atoms with Gasteiger partial charge in [-0.2, -0.15) is 0 Å². The molecule has 0 unspecified atom stereocenters. The zero-order chi connectivity index (χ0) is 19.6. The molecule has 0 bridgehead atoms. The van der Waals surface area contributed by atoms with Crippen molar-refractivity contribution in [2.75, 3.05) is 7.11 Å². The lowest BCUT2D eigenvalue weighted by molar-refractivity contribution is 0.0693. The minimum atomic E-state index is -1.22. The number of methoxy groups -OCH3 is 1. The Morgan fingerprint density at radius 2 is 1.96 bits per heavy atom. The summed E-state index contributed by atoms with van der Waals surface area (Å²) in [5.41, 5.74) is 0.787. The van der Waals surface area contributed by atoms with Crippen LogP contribution in [0.2, 0.25) is 5.02 Å². The van der Waals surface area contributed by atoms with E-state index in [1.165, 1.54) is 13.2 Å². The van der Waals surface area contributed by atoms with Crippen molar-refractivity contribution in [1.82, 2.24) is 4.98 Å². The van der Waals surface area contributed by atoms with Crippen LogP contribution in [0.15, 0.2) is 48.7 Å². The van der Waals surface area contributed by atoms with E-state index in [-0.39, 0.29) is 33.3 Å². The molecular weight excluding hydrogens is 373 g/mol. The maximum absolute atomic E-state index is 14.4. The molecule has 7 heteroatoms. The SMILES string of the molecule is COc1ccc(Oc2cc(-c3cccc(C)c3F)ncc2C(=O)O)c(Cl)c1. The summed E-state index contributed by atoms with van der Waals surface area (Å²) in [5, 5.41) is 9.65. The highest BCUT2D eigenvalue weighted by atomic mass is 35.5. The van der Waals surface area contributed by atoms with Crippen molar-refractivity contribution in [1.29, 1.82) is 0 Å². The van der Waals surface area contributed by atoms with E-state index in [9.17, 15) is 14.3 Å². The first-order valence-corrected chi connectivity index (χ1v) is 8.28. The van der Waals surface area contributed by atoms with Crippen molar-refractivity contribution in [2.45, 2.75) is 6.92 Å². The fourth-order valence-electron chi connectivity index (χ4n) is 2.48. The fraction of sp³-hybridized carbons (Fsp3) is 0.100. The Labute approximate surface area is 160 Å². The minimum absolute atomic E-state index is 0.000438. The first-order chi connectivity index (χ1) is 12.9. The molecule has 0 aliphatic rings. The quantitative estimate of drug-likeness (QED) is 0.639. The summed E-state index contributed by atoms with van der Waals surface area (Å²) in [5.74, 6) is -0.884. The van der Waals surface area contributed by atoms with Gasteiger partial charge in [-0.3, -0.25) is 4.98 Å². The van der Waals surface area contributed by atoms with Crippen LogP contribution in [-0.2, 0) is 0 Å². The van der Waals surface area contributed by atoms with Gasteiger partial charge in [0, 0.05) is 23.9 Å². The average molecular weight is 388 g/mol. The molecule has 0 spiro atoms. The molecule has 0 amide bonds. The number of carboxylic acids is 1. The summed E-state index contributed by atoms with van der Waals surface area (Å²) in [4.78, 5) is 15.6. The van der Waals surface area contributed by atoms with E-state index < -0.39 is 11.8 Å². The molecule has 138 valence electrons. The van der Waals surface area contributed by atoms with E-state index in [1.54, 1.807) is 43.3 Å². The van der Waals surface area contributed by atoms with Crippen LogP contribution in [0.25, 0.3) is 11.3 Å². The Hall–Kier alpha value is -3.12. The van der Waals surface area contributed by atoms with Crippen LogP contribution in [0.4, 0.5) is 4.39 Å². The zero-order valence-electron chi connectivity index (χ0n) is 14.5. The maximum Gasteiger partial charge on any atom is 0.341 e. The lowest BCUT2D eigenvalue weighted by Gasteiger charge is -2.13. The maximum atomic E-state index is 14.4. The molecule has 0 saturated carbocycles. The number of pyridine rings is 1. The number of carboxylic acid groups (broad SMARTS) is 1. The molecule has 1 N–H and O–H groups in total. The molecule has 0 aliphatic carbocycles. The molecule has 1 heterocycles. The normalized spacial score (nSPS) is 10.5. The number of aromatic nitrogens is 1. The van der Waals surface area contributed by atoms with Crippen molar-refractivity contribution in [3.63, 3.8) is 0 Å². The Kier molecular flexibility index (Phi) is 5.28. The molecule has 5 nitrogen and oxygen atoms in total. The highest BCUT2D eigenvalue weighted by molar-refractivity contribution is 6.32. The molecular formula is C20H15ClFNO4. The third-order valence-electron chi connectivity index (χ3n) is 3.92. The van der Waals surface area contributed by atoms with Gasteiger partial charge in [-0.1, -0.05) is 23.7 Å². The largest absolute Gasteiger partial charge is 0.497 e. The summed E-state index contributed by atoms with van der Waals surface area (Å²) in [7, 11) is 1.50. The van der Waals surface area contributed by atoms with Gasteiger partial charge in [-0.25, -0.2) is 9.18 Å². The highest BCUT2D eigenvalue weighted by Crippen LogP contribution is 2.35. The molecule has 27 heavy (non-hydrogen) atoms. The van der Waals surface area contributed by atoms with E-state index in [0.29, 0.717) is 11.3 Å². The lowest BCUT2D eigenvalue weighted by atomic mass is 10.1. The van der Waals surface area contributed by atoms with Gasteiger partial charge in [0.05, 0.1) is 17.8 Å². The van der Waals surface area contributed by atoms with E-state index in [1.807, 2.05) is 0 Å². The second kappa shape index (κ2) is 7.63. The first-order valence-electron chi connectivity index (χ1n) is 7.91. The predicted octanol–water partition coefficient (Wildman–Crippen LogP) is 5.35. The lowest BCUT2D eigenvalue weighted by Crippen LogP contribution is -2.03. The first kappa shape index (κ1) is 18.7. The topological polar surface area (TPSA) is 68.7 Å². The summed E-state index contributed by atoms with van der Waals surface area (Å²) in [6, 6.07) is 11.0. The van der Waals surface area contributed by atoms with E-state index in [4.69, 9.17) is 21.1 Å². The van der Waals surface area contributed by atoms with E-state index in [2.05, 4.69) is 4.98 Å². The van der Waals surface area contributed by atoms with Gasteiger partial charge < -0.3 is 14.6 Å². The fourth-order valence-corrected chi connectivity index (χ4v) is 2.69. The standard InChI is InChI=1S/C20H15ClFNO4/c1-11-4-3-5-13(19(11)22)16-9-18(14(10-23-16)20(24)25)27-17-7-6-12(26-2)8-15(17)21/h3-10H,1-2H3,(H,24,25). The van der Waals surface area contributed by atoms with E-state index in [0.717, 1.165) is 6.20 Å². The number of halogens is 2. The molecule has 3 aromatic rings. The van der Waals surface area contributed by atoms with Gasteiger partial charge in [0.1, 0.15) is 28.6 Å². The molecule has 3 rings (SSSR count). The van der Waals surface area contributed by atoms with Crippen LogP contribution in [0.5, 0.6) is 17.2 Å². The highest BCUT2D eigenvalue weighted by Gasteiger charge is 2.18. The smallest absolute Gasteiger partial charge is 0.341 e. The Morgan fingerprint density at radius 1 is 1.19 bits per heavy atom. The van der Waals surface area contributed by atoms with E-state index >= 15 is 0 Å². The third-order valence-corrected chi connectivity index (χ3v) is 4.22. The number of hydrogen-bond acceptors (Lipinski definition) is 4. The summed E-state index contributed by atoms with van der Waals surface area (Å²) >= 11 is 6.16. The number of aromatic carboxylic acids is 1. The van der Waals surface area contributed by atoms with Crippen molar-refractivity contribution in [3.05, 3.63) is 70.6 Å². The Balaban J connectivity index is 2.08. The van der Waals surface area contributed by atoms with Gasteiger partial charge in [0.2, 0.25) is 0 Å². The molecule has 0 radical (unpaired) electrons. The van der Waals surface area contributed by atoms with Gasteiger partial charge in [0.25, 0.3) is 0 Å². The second-order valence-corrected chi connectivity index (χ2v) is 6.11. The molecule has 0 atom stereocenters. The number of hydrogen-bond donors (Lipinski definition) is 1. The van der Waals surface area contributed by atoms with Crippen molar-refractivity contribution >= 4 is 17.6 Å². The van der Waals surface area contributed by atoms with Crippen LogP contribution in [0.1, 0.15) is 15.9 Å². The van der Waals surface area contributed by atoms with Gasteiger partial charge in [0.15, 0.2) is 0 Å². The Bertz CT molecular complexity index is 1020. The summed E-state index contributed by atoms with van der Waals surface area (Å²) in [6.45, 7) is 1.64. The third kappa shape index (κ3) is 3.85. The zero-order valence-corrected chi connectivity index (χ0v) is 15.2. The van der Waals surface area contributed by atoms with Crippen molar-refractivity contribution in [3.8, 4) is 28.5 Å². The number of aryl methyl sites for hydroxylation is 1. The number of benzene rings is 2. The number of carbonyl (C=O) groups is 1. The molecule has 0 aliphatic heterocycles. The van der Waals surface area contributed by atoms with Crippen LogP contribution >= 0.6 is 11.6 Å². The van der Waals surface area contributed by atoms with Crippen LogP contribution < -0.4 is 9.47 Å². The van der Waals surface area contributed by atoms with Crippen LogP contribution in [0.3, 0.4) is 0 Å². The summed E-state index contributed by atoms with van der Waals surface area (Å²) < 4.78 is 25.2. The number of rotatable bonds is 5. The summed E-state index contributed by atoms with van der Waals surface area (Å²) in [6.07, 6.45) is 1.13. The molecule has 0 fully saturated rings.